The largest absolute Gasteiger partial charge is 0.399 e. The summed E-state index contributed by atoms with van der Waals surface area (Å²) in [6.07, 6.45) is 0. The van der Waals surface area contributed by atoms with E-state index in [0.717, 1.165) is 31.9 Å². The molecule has 3 heteroatoms. The number of hydrogen-bond acceptors (Lipinski definition) is 3. The van der Waals surface area contributed by atoms with Crippen LogP contribution in [0.5, 0.6) is 0 Å². The van der Waals surface area contributed by atoms with Gasteiger partial charge in [0.05, 0.1) is 6.61 Å². The molecule has 0 fully saturated rings. The Balaban J connectivity index is 2.69. The lowest BCUT2D eigenvalue weighted by atomic mass is 9.84. The van der Waals surface area contributed by atoms with Crippen LogP contribution in [0, 0.1) is 0 Å². The maximum absolute atomic E-state index is 5.74. The van der Waals surface area contributed by atoms with Crippen LogP contribution in [0.3, 0.4) is 0 Å². The molecule has 0 aliphatic heterocycles. The van der Waals surface area contributed by atoms with Gasteiger partial charge in [-0.25, -0.2) is 0 Å². The number of anilines is 1. The van der Waals surface area contributed by atoms with Gasteiger partial charge < -0.3 is 15.4 Å². The summed E-state index contributed by atoms with van der Waals surface area (Å²) in [6.45, 7) is 10.6. The Kier molecular flexibility index (Phi) is 5.63. The van der Waals surface area contributed by atoms with Gasteiger partial charge in [0.1, 0.15) is 0 Å². The van der Waals surface area contributed by atoms with Gasteiger partial charge >= 0.3 is 0 Å². The zero-order valence-corrected chi connectivity index (χ0v) is 12.1. The summed E-state index contributed by atoms with van der Waals surface area (Å²) in [7, 11) is 1.75. The van der Waals surface area contributed by atoms with Crippen molar-refractivity contribution in [3.63, 3.8) is 0 Å². The fourth-order valence-electron chi connectivity index (χ4n) is 2.15. The minimum atomic E-state index is 0.122. The minimum Gasteiger partial charge on any atom is -0.399 e. The number of likely N-dealkylation sites (N-methyl/N-ethyl adjacent to an activating group) is 1. The van der Waals surface area contributed by atoms with Gasteiger partial charge in [-0.3, -0.25) is 0 Å². The summed E-state index contributed by atoms with van der Waals surface area (Å²) in [5.41, 5.74) is 8.01. The molecule has 0 aromatic heterocycles. The van der Waals surface area contributed by atoms with E-state index in [1.165, 1.54) is 5.56 Å². The third kappa shape index (κ3) is 4.31. The average Bonchev–Trinajstić information content (AvgIpc) is 2.35. The zero-order chi connectivity index (χ0) is 13.6. The quantitative estimate of drug-likeness (QED) is 0.756. The summed E-state index contributed by atoms with van der Waals surface area (Å²) in [4.78, 5) is 2.42. The Hall–Kier alpha value is -1.06. The number of methoxy groups -OCH3 is 1. The van der Waals surface area contributed by atoms with Crippen LogP contribution < -0.4 is 5.73 Å². The van der Waals surface area contributed by atoms with Crippen LogP contribution >= 0.6 is 0 Å². The monoisotopic (exact) mass is 250 g/mol. The highest BCUT2D eigenvalue weighted by Gasteiger charge is 2.23. The summed E-state index contributed by atoms with van der Waals surface area (Å²) < 4.78 is 5.15. The minimum absolute atomic E-state index is 0.122. The molecule has 102 valence electrons. The third-order valence-corrected chi connectivity index (χ3v) is 3.37. The normalized spacial score (nSPS) is 12.1. The van der Waals surface area contributed by atoms with Crippen LogP contribution in [0.4, 0.5) is 5.69 Å². The Morgan fingerprint density at radius 2 is 1.83 bits per heavy atom. The molecule has 0 atom stereocenters. The molecule has 1 aromatic carbocycles. The molecule has 0 saturated heterocycles. The number of nitrogens with two attached hydrogens (primary N) is 1. The lowest BCUT2D eigenvalue weighted by molar-refractivity contribution is 0.138. The number of nitrogen functional groups attached to an aromatic ring is 1. The molecule has 0 heterocycles. The van der Waals surface area contributed by atoms with Gasteiger partial charge in [0, 0.05) is 31.3 Å². The second-order valence-electron chi connectivity index (χ2n) is 5.37. The molecule has 0 aliphatic carbocycles. The van der Waals surface area contributed by atoms with Crippen LogP contribution in [0.1, 0.15) is 26.3 Å². The first kappa shape index (κ1) is 15.0. The first-order valence-corrected chi connectivity index (χ1v) is 6.57. The summed E-state index contributed by atoms with van der Waals surface area (Å²) >= 11 is 0. The Bertz CT molecular complexity index is 346. The topological polar surface area (TPSA) is 38.5 Å². The molecule has 18 heavy (non-hydrogen) atoms. The van der Waals surface area contributed by atoms with Crippen molar-refractivity contribution in [2.24, 2.45) is 0 Å². The maximum atomic E-state index is 5.74. The van der Waals surface area contributed by atoms with Crippen molar-refractivity contribution in [3.8, 4) is 0 Å². The highest BCUT2D eigenvalue weighted by Crippen LogP contribution is 2.25. The van der Waals surface area contributed by atoms with Crippen molar-refractivity contribution in [1.29, 1.82) is 0 Å². The van der Waals surface area contributed by atoms with Crippen molar-refractivity contribution in [2.75, 3.05) is 39.1 Å². The standard InChI is InChI=1S/C15H26N2O/c1-5-17(10-11-18-4)12-15(2,3)13-6-8-14(16)9-7-13/h6-9H,5,10-12,16H2,1-4H3. The first-order chi connectivity index (χ1) is 8.49. The van der Waals surface area contributed by atoms with Gasteiger partial charge in [-0.1, -0.05) is 32.9 Å². The molecule has 3 nitrogen and oxygen atoms in total. The van der Waals surface area contributed by atoms with Gasteiger partial charge in [-0.05, 0) is 24.2 Å². The molecule has 0 saturated carbocycles. The van der Waals surface area contributed by atoms with E-state index in [1.807, 2.05) is 12.1 Å². The van der Waals surface area contributed by atoms with Crippen molar-refractivity contribution in [1.82, 2.24) is 4.90 Å². The fourth-order valence-corrected chi connectivity index (χ4v) is 2.15. The van der Waals surface area contributed by atoms with Crippen molar-refractivity contribution >= 4 is 5.69 Å². The van der Waals surface area contributed by atoms with E-state index < -0.39 is 0 Å². The van der Waals surface area contributed by atoms with E-state index >= 15 is 0 Å². The number of hydrogen-bond donors (Lipinski definition) is 1. The van der Waals surface area contributed by atoms with E-state index in [4.69, 9.17) is 10.5 Å². The van der Waals surface area contributed by atoms with E-state index in [2.05, 4.69) is 37.8 Å². The smallest absolute Gasteiger partial charge is 0.0589 e. The van der Waals surface area contributed by atoms with Gasteiger partial charge in [-0.2, -0.15) is 0 Å². The molecular weight excluding hydrogens is 224 g/mol. The maximum Gasteiger partial charge on any atom is 0.0589 e. The Morgan fingerprint density at radius 1 is 1.22 bits per heavy atom. The van der Waals surface area contributed by atoms with Crippen LogP contribution in [0.2, 0.25) is 0 Å². The number of ether oxygens (including phenoxy) is 1. The number of benzene rings is 1. The predicted molar refractivity (Wildman–Crippen MR) is 77.9 cm³/mol. The molecule has 0 aliphatic rings. The molecule has 1 rings (SSSR count). The molecule has 0 unspecified atom stereocenters. The second-order valence-corrected chi connectivity index (χ2v) is 5.37. The first-order valence-electron chi connectivity index (χ1n) is 6.57. The van der Waals surface area contributed by atoms with Gasteiger partial charge in [0.25, 0.3) is 0 Å². The SMILES string of the molecule is CCN(CCOC)CC(C)(C)c1ccc(N)cc1. The van der Waals surface area contributed by atoms with Gasteiger partial charge in [0.15, 0.2) is 0 Å². The average molecular weight is 250 g/mol. The van der Waals surface area contributed by atoms with E-state index in [-0.39, 0.29) is 5.41 Å². The summed E-state index contributed by atoms with van der Waals surface area (Å²) in [5, 5.41) is 0. The van der Waals surface area contributed by atoms with Crippen molar-refractivity contribution < 1.29 is 4.74 Å². The van der Waals surface area contributed by atoms with E-state index in [9.17, 15) is 0 Å². The third-order valence-electron chi connectivity index (χ3n) is 3.37. The van der Waals surface area contributed by atoms with Crippen LogP contribution in [-0.4, -0.2) is 38.3 Å². The number of rotatable bonds is 7. The van der Waals surface area contributed by atoms with Crippen LogP contribution in [0.25, 0.3) is 0 Å². The predicted octanol–water partition coefficient (Wildman–Crippen LogP) is 2.51. The fraction of sp³-hybridized carbons (Fsp3) is 0.600. The molecule has 0 spiro atoms. The van der Waals surface area contributed by atoms with Gasteiger partial charge in [0.2, 0.25) is 0 Å². The van der Waals surface area contributed by atoms with E-state index in [1.54, 1.807) is 7.11 Å². The highest BCUT2D eigenvalue weighted by atomic mass is 16.5. The summed E-state index contributed by atoms with van der Waals surface area (Å²) in [6, 6.07) is 8.20. The summed E-state index contributed by atoms with van der Waals surface area (Å²) in [5.74, 6) is 0. The molecule has 0 bridgehead atoms. The van der Waals surface area contributed by atoms with Crippen molar-refractivity contribution in [2.45, 2.75) is 26.2 Å². The van der Waals surface area contributed by atoms with E-state index in [0.29, 0.717) is 0 Å². The molecular formula is C15H26N2O. The van der Waals surface area contributed by atoms with Crippen LogP contribution in [-0.2, 0) is 10.2 Å². The lowest BCUT2D eigenvalue weighted by Gasteiger charge is -2.32. The zero-order valence-electron chi connectivity index (χ0n) is 12.1. The Morgan fingerprint density at radius 3 is 2.33 bits per heavy atom. The molecule has 2 N–H and O–H groups in total. The molecule has 1 aromatic rings. The van der Waals surface area contributed by atoms with Crippen LogP contribution in [0.15, 0.2) is 24.3 Å². The van der Waals surface area contributed by atoms with Gasteiger partial charge in [-0.15, -0.1) is 0 Å². The molecule has 0 amide bonds. The Labute approximate surface area is 111 Å². The highest BCUT2D eigenvalue weighted by molar-refractivity contribution is 5.41. The molecule has 0 radical (unpaired) electrons. The number of nitrogens with zero attached hydrogens (tertiary/aromatic N) is 1. The van der Waals surface area contributed by atoms with Crippen molar-refractivity contribution in [3.05, 3.63) is 29.8 Å². The lowest BCUT2D eigenvalue weighted by Crippen LogP contribution is -2.38. The second kappa shape index (κ2) is 6.76.